The van der Waals surface area contributed by atoms with Crippen LogP contribution < -0.4 is 10.6 Å². The normalized spacial score (nSPS) is 10.9. The largest absolute Gasteiger partial charge is 0.416 e. The fraction of sp³-hybridized carbons (Fsp3) is 0.200. The summed E-state index contributed by atoms with van der Waals surface area (Å²) in [6.45, 7) is 1.22. The first kappa shape index (κ1) is 14.7. The van der Waals surface area contributed by atoms with E-state index >= 15 is 0 Å². The van der Waals surface area contributed by atoms with Crippen LogP contribution in [0.2, 0.25) is 5.02 Å². The minimum atomic E-state index is -4.48. The molecule has 1 aromatic carbocycles. The van der Waals surface area contributed by atoms with Crippen LogP contribution in [0, 0.1) is 0 Å². The monoisotopic (exact) mass is 296 g/mol. The van der Waals surface area contributed by atoms with Gasteiger partial charge >= 0.3 is 6.18 Å². The summed E-state index contributed by atoms with van der Waals surface area (Å²) in [5.41, 5.74) is -0.884. The molecule has 0 aliphatic rings. The fourth-order valence-corrected chi connectivity index (χ4v) is 1.53. The maximum Gasteiger partial charge on any atom is 0.416 e. The predicted molar refractivity (Wildman–Crippen MR) is 66.5 cm³/mol. The minimum absolute atomic E-state index is 0.0229. The predicted octanol–water partition coefficient (Wildman–Crippen LogP) is 3.19. The summed E-state index contributed by atoms with van der Waals surface area (Å²) in [6, 6.07) is 2.77. The lowest BCUT2D eigenvalue weighted by Gasteiger charge is -2.12. The van der Waals surface area contributed by atoms with Crippen molar-refractivity contribution in [1.29, 1.82) is 0 Å². The van der Waals surface area contributed by atoms with Crippen molar-refractivity contribution in [2.75, 3.05) is 5.32 Å². The Morgan fingerprint density at radius 2 is 2.00 bits per heavy atom. The number of anilines is 1. The third-order valence-electron chi connectivity index (χ3n) is 1.83. The van der Waals surface area contributed by atoms with Crippen molar-refractivity contribution in [3.63, 3.8) is 0 Å². The van der Waals surface area contributed by atoms with Crippen molar-refractivity contribution in [1.82, 2.24) is 5.32 Å². The lowest BCUT2D eigenvalue weighted by Crippen LogP contribution is -2.32. The van der Waals surface area contributed by atoms with Gasteiger partial charge < -0.3 is 10.6 Å². The van der Waals surface area contributed by atoms with Crippen LogP contribution in [0.5, 0.6) is 0 Å². The molecule has 0 heterocycles. The third kappa shape index (κ3) is 4.15. The summed E-state index contributed by atoms with van der Waals surface area (Å²) in [5, 5.41) is 4.58. The van der Waals surface area contributed by atoms with E-state index in [1.807, 2.05) is 0 Å². The highest BCUT2D eigenvalue weighted by atomic mass is 35.5. The summed E-state index contributed by atoms with van der Waals surface area (Å²) in [7, 11) is 0. The first-order valence-corrected chi connectivity index (χ1v) is 5.44. The number of carbonyl (C=O) groups is 1. The Hall–Kier alpha value is -1.34. The van der Waals surface area contributed by atoms with Crippen LogP contribution >= 0.6 is 23.8 Å². The number of hydrogen-bond donors (Lipinski definition) is 2. The van der Waals surface area contributed by atoms with E-state index in [1.165, 1.54) is 6.92 Å². The second kappa shape index (κ2) is 5.53. The number of hydrogen-bond acceptors (Lipinski definition) is 2. The molecule has 0 fully saturated rings. The molecule has 0 spiro atoms. The van der Waals surface area contributed by atoms with Gasteiger partial charge in [0.05, 0.1) is 16.3 Å². The van der Waals surface area contributed by atoms with Crippen molar-refractivity contribution in [2.45, 2.75) is 13.1 Å². The van der Waals surface area contributed by atoms with Gasteiger partial charge in [0.2, 0.25) is 5.91 Å². The standard InChI is InChI=1S/C10H8ClF3N2OS/c1-5(17)15-9(18)16-8-4-6(10(12,13)14)2-3-7(8)11/h2-4H,1H3,(H2,15,16,17,18). The molecule has 8 heteroatoms. The Kier molecular flexibility index (Phi) is 4.53. The molecule has 0 atom stereocenters. The molecule has 1 amide bonds. The van der Waals surface area contributed by atoms with Gasteiger partial charge in [-0.05, 0) is 30.4 Å². The molecule has 18 heavy (non-hydrogen) atoms. The van der Waals surface area contributed by atoms with Gasteiger partial charge in [0.15, 0.2) is 5.11 Å². The molecule has 98 valence electrons. The number of rotatable bonds is 1. The number of benzene rings is 1. The number of nitrogens with one attached hydrogen (secondary N) is 2. The van der Waals surface area contributed by atoms with E-state index in [0.29, 0.717) is 0 Å². The molecule has 0 saturated heterocycles. The van der Waals surface area contributed by atoms with Crippen LogP contribution in [-0.2, 0) is 11.0 Å². The molecule has 2 N–H and O–H groups in total. The zero-order valence-electron chi connectivity index (χ0n) is 9.06. The van der Waals surface area contributed by atoms with Gasteiger partial charge in [0, 0.05) is 6.92 Å². The lowest BCUT2D eigenvalue weighted by atomic mass is 10.2. The molecule has 0 aliphatic heterocycles. The Balaban J connectivity index is 2.95. The first-order chi connectivity index (χ1) is 8.20. The number of alkyl halides is 3. The van der Waals surface area contributed by atoms with E-state index in [0.717, 1.165) is 18.2 Å². The van der Waals surface area contributed by atoms with E-state index in [2.05, 4.69) is 10.6 Å². The van der Waals surface area contributed by atoms with E-state index in [-0.39, 0.29) is 15.8 Å². The molecule has 0 aromatic heterocycles. The van der Waals surface area contributed by atoms with E-state index in [1.54, 1.807) is 0 Å². The average Bonchev–Trinajstić information content (AvgIpc) is 2.18. The van der Waals surface area contributed by atoms with E-state index < -0.39 is 17.6 Å². The maximum absolute atomic E-state index is 12.5. The second-order valence-electron chi connectivity index (χ2n) is 3.33. The molecule has 3 nitrogen and oxygen atoms in total. The summed E-state index contributed by atoms with van der Waals surface area (Å²) in [4.78, 5) is 10.7. The fourth-order valence-electron chi connectivity index (χ4n) is 1.11. The highest BCUT2D eigenvalue weighted by Gasteiger charge is 2.31. The van der Waals surface area contributed by atoms with Gasteiger partial charge in [-0.2, -0.15) is 13.2 Å². The number of carbonyl (C=O) groups excluding carboxylic acids is 1. The smallest absolute Gasteiger partial charge is 0.331 e. The SMILES string of the molecule is CC(=O)NC(=S)Nc1cc(C(F)(F)F)ccc1Cl. The highest BCUT2D eigenvalue weighted by molar-refractivity contribution is 7.80. The average molecular weight is 297 g/mol. The van der Waals surface area contributed by atoms with E-state index in [9.17, 15) is 18.0 Å². The number of amides is 1. The lowest BCUT2D eigenvalue weighted by molar-refractivity contribution is -0.137. The van der Waals surface area contributed by atoms with E-state index in [4.69, 9.17) is 23.8 Å². The summed E-state index contributed by atoms with van der Waals surface area (Å²) in [5.74, 6) is -0.435. The third-order valence-corrected chi connectivity index (χ3v) is 2.37. The summed E-state index contributed by atoms with van der Waals surface area (Å²) in [6.07, 6.45) is -4.48. The van der Waals surface area contributed by atoms with Gasteiger partial charge in [-0.1, -0.05) is 11.6 Å². The highest BCUT2D eigenvalue weighted by Crippen LogP contribution is 2.33. The quantitative estimate of drug-likeness (QED) is 0.782. The van der Waals surface area contributed by atoms with Gasteiger partial charge in [-0.3, -0.25) is 4.79 Å². The Morgan fingerprint density at radius 1 is 1.39 bits per heavy atom. The summed E-state index contributed by atoms with van der Waals surface area (Å²) >= 11 is 10.5. The van der Waals surface area contributed by atoms with Crippen molar-refractivity contribution < 1.29 is 18.0 Å². The molecule has 1 aromatic rings. The van der Waals surface area contributed by atoms with Gasteiger partial charge in [0.25, 0.3) is 0 Å². The van der Waals surface area contributed by atoms with Crippen molar-refractivity contribution >= 4 is 40.5 Å². The minimum Gasteiger partial charge on any atom is -0.331 e. The van der Waals surface area contributed by atoms with Crippen LogP contribution in [0.1, 0.15) is 12.5 Å². The zero-order chi connectivity index (χ0) is 13.9. The molecular formula is C10H8ClF3N2OS. The number of halogens is 4. The molecular weight excluding hydrogens is 289 g/mol. The second-order valence-corrected chi connectivity index (χ2v) is 4.14. The summed E-state index contributed by atoms with van der Waals surface area (Å²) < 4.78 is 37.4. The van der Waals surface area contributed by atoms with Crippen molar-refractivity contribution in [2.24, 2.45) is 0 Å². The topological polar surface area (TPSA) is 41.1 Å². The number of thiocarbonyl (C=S) groups is 1. The van der Waals surface area contributed by atoms with Gasteiger partial charge in [-0.25, -0.2) is 0 Å². The Bertz CT molecular complexity index is 491. The van der Waals surface area contributed by atoms with Gasteiger partial charge in [0.1, 0.15) is 0 Å². The molecule has 1 rings (SSSR count). The molecule has 0 radical (unpaired) electrons. The van der Waals surface area contributed by atoms with Crippen LogP contribution in [0.4, 0.5) is 18.9 Å². The first-order valence-electron chi connectivity index (χ1n) is 4.65. The van der Waals surface area contributed by atoms with Gasteiger partial charge in [-0.15, -0.1) is 0 Å². The Morgan fingerprint density at radius 3 is 2.50 bits per heavy atom. The van der Waals surface area contributed by atoms with Crippen molar-refractivity contribution in [3.05, 3.63) is 28.8 Å². The van der Waals surface area contributed by atoms with Crippen LogP contribution in [0.15, 0.2) is 18.2 Å². The maximum atomic E-state index is 12.5. The molecule has 0 aliphatic carbocycles. The molecule has 0 unspecified atom stereocenters. The van der Waals surface area contributed by atoms with Crippen LogP contribution in [0.3, 0.4) is 0 Å². The van der Waals surface area contributed by atoms with Crippen LogP contribution in [-0.4, -0.2) is 11.0 Å². The van der Waals surface area contributed by atoms with Crippen molar-refractivity contribution in [3.8, 4) is 0 Å². The molecule has 0 bridgehead atoms. The van der Waals surface area contributed by atoms with Crippen LogP contribution in [0.25, 0.3) is 0 Å². The zero-order valence-corrected chi connectivity index (χ0v) is 10.6. The Labute approximate surface area is 111 Å². The molecule has 0 saturated carbocycles.